The second kappa shape index (κ2) is 4.57. The van der Waals surface area contributed by atoms with Crippen molar-refractivity contribution in [2.24, 2.45) is 0 Å². The highest BCUT2D eigenvalue weighted by atomic mass is 127. The van der Waals surface area contributed by atoms with Gasteiger partial charge in [-0.3, -0.25) is 4.68 Å². The predicted molar refractivity (Wildman–Crippen MR) is 75.5 cm³/mol. The Morgan fingerprint density at radius 3 is 2.31 bits per heavy atom. The molecule has 16 heavy (non-hydrogen) atoms. The first-order chi connectivity index (χ1) is 7.61. The fourth-order valence-electron chi connectivity index (χ4n) is 1.78. The van der Waals surface area contributed by atoms with E-state index in [-0.39, 0.29) is 0 Å². The standard InChI is InChI=1S/C13H15IN2/c1-9(2)16-10(3)12(14)13(15-16)11-7-5-4-6-8-11/h4-9H,1-3H3. The largest absolute Gasteiger partial charge is 0.266 e. The summed E-state index contributed by atoms with van der Waals surface area (Å²) in [6.07, 6.45) is 0. The summed E-state index contributed by atoms with van der Waals surface area (Å²) in [7, 11) is 0. The van der Waals surface area contributed by atoms with Crippen molar-refractivity contribution in [2.45, 2.75) is 26.8 Å². The normalized spacial score (nSPS) is 11.1. The average Bonchev–Trinajstić information content (AvgIpc) is 2.58. The molecule has 0 radical (unpaired) electrons. The van der Waals surface area contributed by atoms with Crippen LogP contribution in [0.5, 0.6) is 0 Å². The van der Waals surface area contributed by atoms with Gasteiger partial charge in [-0.1, -0.05) is 30.3 Å². The number of hydrogen-bond acceptors (Lipinski definition) is 1. The SMILES string of the molecule is Cc1c(I)c(-c2ccccc2)nn1C(C)C. The molecule has 0 spiro atoms. The number of benzene rings is 1. The van der Waals surface area contributed by atoms with E-state index in [2.05, 4.69) is 77.4 Å². The number of hydrogen-bond donors (Lipinski definition) is 0. The first-order valence-corrected chi connectivity index (χ1v) is 6.49. The van der Waals surface area contributed by atoms with E-state index in [1.807, 2.05) is 6.07 Å². The molecule has 1 aromatic carbocycles. The highest BCUT2D eigenvalue weighted by molar-refractivity contribution is 14.1. The van der Waals surface area contributed by atoms with E-state index in [0.29, 0.717) is 6.04 Å². The van der Waals surface area contributed by atoms with Gasteiger partial charge < -0.3 is 0 Å². The van der Waals surface area contributed by atoms with E-state index < -0.39 is 0 Å². The molecule has 0 fully saturated rings. The maximum atomic E-state index is 4.69. The minimum Gasteiger partial charge on any atom is -0.266 e. The summed E-state index contributed by atoms with van der Waals surface area (Å²) in [5.74, 6) is 0. The van der Waals surface area contributed by atoms with Gasteiger partial charge >= 0.3 is 0 Å². The van der Waals surface area contributed by atoms with Crippen LogP contribution in [0.15, 0.2) is 30.3 Å². The zero-order chi connectivity index (χ0) is 11.7. The van der Waals surface area contributed by atoms with Crippen LogP contribution in [0.3, 0.4) is 0 Å². The van der Waals surface area contributed by atoms with Crippen molar-refractivity contribution < 1.29 is 0 Å². The number of halogens is 1. The summed E-state index contributed by atoms with van der Waals surface area (Å²) in [5, 5.41) is 4.69. The van der Waals surface area contributed by atoms with Gasteiger partial charge in [0.15, 0.2) is 0 Å². The van der Waals surface area contributed by atoms with Gasteiger partial charge in [-0.25, -0.2) is 0 Å². The Labute approximate surface area is 110 Å². The van der Waals surface area contributed by atoms with Crippen LogP contribution in [0.4, 0.5) is 0 Å². The molecule has 0 atom stereocenters. The Morgan fingerprint density at radius 1 is 1.19 bits per heavy atom. The molecule has 2 aromatic rings. The lowest BCUT2D eigenvalue weighted by Crippen LogP contribution is -2.04. The van der Waals surface area contributed by atoms with Crippen LogP contribution in [-0.2, 0) is 0 Å². The smallest absolute Gasteiger partial charge is 0.106 e. The molecule has 2 rings (SSSR count). The van der Waals surface area contributed by atoms with E-state index >= 15 is 0 Å². The molecule has 0 unspecified atom stereocenters. The Hall–Kier alpha value is -0.840. The molecule has 0 N–H and O–H groups in total. The Kier molecular flexibility index (Phi) is 3.33. The minimum atomic E-state index is 0.408. The second-order valence-electron chi connectivity index (χ2n) is 4.15. The Morgan fingerprint density at radius 2 is 1.81 bits per heavy atom. The summed E-state index contributed by atoms with van der Waals surface area (Å²) in [4.78, 5) is 0. The predicted octanol–water partition coefficient (Wildman–Crippen LogP) is 4.04. The van der Waals surface area contributed by atoms with Crippen LogP contribution in [0.25, 0.3) is 11.3 Å². The molecule has 0 aliphatic heterocycles. The molecule has 84 valence electrons. The fraction of sp³-hybridized carbons (Fsp3) is 0.308. The third-order valence-corrected chi connectivity index (χ3v) is 3.90. The molecule has 0 saturated carbocycles. The highest BCUT2D eigenvalue weighted by Gasteiger charge is 2.14. The highest BCUT2D eigenvalue weighted by Crippen LogP contribution is 2.27. The zero-order valence-corrected chi connectivity index (χ0v) is 11.9. The molecular formula is C13H15IN2. The van der Waals surface area contributed by atoms with Gasteiger partial charge in [-0.2, -0.15) is 5.10 Å². The molecule has 0 aliphatic rings. The van der Waals surface area contributed by atoms with Gasteiger partial charge in [0, 0.05) is 17.3 Å². The maximum absolute atomic E-state index is 4.69. The molecule has 0 saturated heterocycles. The van der Waals surface area contributed by atoms with Gasteiger partial charge in [0.25, 0.3) is 0 Å². The topological polar surface area (TPSA) is 17.8 Å². The monoisotopic (exact) mass is 326 g/mol. The minimum absolute atomic E-state index is 0.408. The van der Waals surface area contributed by atoms with Gasteiger partial charge in [0.05, 0.1) is 3.57 Å². The van der Waals surface area contributed by atoms with Crippen LogP contribution in [0, 0.1) is 10.5 Å². The van der Waals surface area contributed by atoms with Crippen molar-refractivity contribution in [3.63, 3.8) is 0 Å². The number of nitrogens with zero attached hydrogens (tertiary/aromatic N) is 2. The lowest BCUT2D eigenvalue weighted by molar-refractivity contribution is 0.520. The first-order valence-electron chi connectivity index (χ1n) is 5.41. The Bertz CT molecular complexity index is 486. The van der Waals surface area contributed by atoms with Gasteiger partial charge in [-0.05, 0) is 43.4 Å². The van der Waals surface area contributed by atoms with E-state index in [9.17, 15) is 0 Å². The van der Waals surface area contributed by atoms with Crippen molar-refractivity contribution in [3.8, 4) is 11.3 Å². The van der Waals surface area contributed by atoms with Gasteiger partial charge in [-0.15, -0.1) is 0 Å². The van der Waals surface area contributed by atoms with Crippen LogP contribution in [-0.4, -0.2) is 9.78 Å². The van der Waals surface area contributed by atoms with E-state index in [1.54, 1.807) is 0 Å². The third-order valence-electron chi connectivity index (χ3n) is 2.61. The first kappa shape index (κ1) is 11.6. The number of aromatic nitrogens is 2. The fourth-order valence-corrected chi connectivity index (χ4v) is 2.45. The molecule has 0 bridgehead atoms. The molecule has 0 amide bonds. The molecule has 3 heteroatoms. The lowest BCUT2D eigenvalue weighted by Gasteiger charge is -2.07. The molecular weight excluding hydrogens is 311 g/mol. The second-order valence-corrected chi connectivity index (χ2v) is 5.23. The third kappa shape index (κ3) is 2.00. The van der Waals surface area contributed by atoms with Crippen molar-refractivity contribution in [2.75, 3.05) is 0 Å². The summed E-state index contributed by atoms with van der Waals surface area (Å²) >= 11 is 2.38. The summed E-state index contributed by atoms with van der Waals surface area (Å²) in [6.45, 7) is 6.44. The van der Waals surface area contributed by atoms with Crippen molar-refractivity contribution in [1.82, 2.24) is 9.78 Å². The van der Waals surface area contributed by atoms with E-state index in [4.69, 9.17) is 0 Å². The van der Waals surface area contributed by atoms with E-state index in [0.717, 1.165) is 5.69 Å². The zero-order valence-electron chi connectivity index (χ0n) is 9.74. The van der Waals surface area contributed by atoms with Crippen molar-refractivity contribution in [1.29, 1.82) is 0 Å². The van der Waals surface area contributed by atoms with Crippen molar-refractivity contribution >= 4 is 22.6 Å². The lowest BCUT2D eigenvalue weighted by atomic mass is 10.1. The summed E-state index contributed by atoms with van der Waals surface area (Å²) in [6, 6.07) is 10.8. The summed E-state index contributed by atoms with van der Waals surface area (Å²) in [5.41, 5.74) is 3.52. The van der Waals surface area contributed by atoms with Gasteiger partial charge in [0.1, 0.15) is 5.69 Å². The van der Waals surface area contributed by atoms with Crippen LogP contribution in [0.2, 0.25) is 0 Å². The van der Waals surface area contributed by atoms with Crippen LogP contribution in [0.1, 0.15) is 25.6 Å². The molecule has 2 nitrogen and oxygen atoms in total. The maximum Gasteiger partial charge on any atom is 0.106 e. The van der Waals surface area contributed by atoms with Crippen LogP contribution < -0.4 is 0 Å². The molecule has 1 heterocycles. The van der Waals surface area contributed by atoms with E-state index in [1.165, 1.54) is 14.8 Å². The molecule has 0 aliphatic carbocycles. The Balaban J connectivity index is 2.55. The van der Waals surface area contributed by atoms with Crippen molar-refractivity contribution in [3.05, 3.63) is 39.6 Å². The average molecular weight is 326 g/mol. The summed E-state index contributed by atoms with van der Waals surface area (Å²) < 4.78 is 3.34. The quantitative estimate of drug-likeness (QED) is 0.762. The van der Waals surface area contributed by atoms with Gasteiger partial charge in [0.2, 0.25) is 0 Å². The number of rotatable bonds is 2. The van der Waals surface area contributed by atoms with Crippen LogP contribution >= 0.6 is 22.6 Å². The molecule has 1 aromatic heterocycles.